The molecule has 0 radical (unpaired) electrons. The second kappa shape index (κ2) is 7.31. The summed E-state index contributed by atoms with van der Waals surface area (Å²) in [6.07, 6.45) is 4.25. The molecule has 2 aliphatic rings. The summed E-state index contributed by atoms with van der Waals surface area (Å²) < 4.78 is 6.67. The van der Waals surface area contributed by atoms with Crippen molar-refractivity contribution in [2.45, 2.75) is 24.7 Å². The number of amides is 1. The fourth-order valence-corrected chi connectivity index (χ4v) is 6.17. The van der Waals surface area contributed by atoms with Crippen LogP contribution in [0.25, 0.3) is 10.9 Å². The first-order valence-electron chi connectivity index (χ1n) is 10.4. The van der Waals surface area contributed by atoms with Crippen molar-refractivity contribution in [1.82, 2.24) is 9.88 Å². The Kier molecular flexibility index (Phi) is 4.73. The van der Waals surface area contributed by atoms with Gasteiger partial charge < -0.3 is 14.6 Å². The number of rotatable bonds is 3. The Morgan fingerprint density at radius 2 is 2.17 bits per heavy atom. The molecule has 5 heteroatoms. The van der Waals surface area contributed by atoms with Crippen molar-refractivity contribution in [3.63, 3.8) is 0 Å². The van der Waals surface area contributed by atoms with E-state index in [0.717, 1.165) is 42.6 Å². The number of methoxy groups -OCH3 is 1. The molecule has 1 saturated heterocycles. The number of aromatic nitrogens is 1. The van der Waals surface area contributed by atoms with E-state index in [1.54, 1.807) is 7.11 Å². The van der Waals surface area contributed by atoms with E-state index in [-0.39, 0.29) is 11.3 Å². The second-order valence-electron chi connectivity index (χ2n) is 8.45. The highest BCUT2D eigenvalue weighted by Crippen LogP contribution is 2.50. The maximum absolute atomic E-state index is 12.4. The van der Waals surface area contributed by atoms with Crippen molar-refractivity contribution in [2.75, 3.05) is 20.2 Å². The van der Waals surface area contributed by atoms with Gasteiger partial charge in [-0.15, -0.1) is 0 Å². The van der Waals surface area contributed by atoms with E-state index in [1.165, 1.54) is 33.8 Å². The lowest BCUT2D eigenvalue weighted by Crippen LogP contribution is -2.54. The van der Waals surface area contributed by atoms with Gasteiger partial charge in [-0.25, -0.2) is 0 Å². The SMILES string of the molecule is C=CC(=O)N1CC[C@]2(c3cccc(OC)c3)Cc3[nH]c4cccc(Br)c4c3CC2C1. The minimum atomic E-state index is -0.0210. The van der Waals surface area contributed by atoms with Crippen molar-refractivity contribution in [2.24, 2.45) is 5.92 Å². The molecule has 2 aromatic carbocycles. The summed E-state index contributed by atoms with van der Waals surface area (Å²) in [5, 5.41) is 1.28. The zero-order valence-electron chi connectivity index (χ0n) is 17.1. The molecule has 5 rings (SSSR count). The lowest BCUT2D eigenvalue weighted by Gasteiger charge is -2.51. The molecule has 3 aromatic rings. The molecule has 2 heterocycles. The van der Waals surface area contributed by atoms with Crippen LogP contribution in [0.4, 0.5) is 0 Å². The Hall–Kier alpha value is -2.53. The quantitative estimate of drug-likeness (QED) is 0.553. The fraction of sp³-hybridized carbons (Fsp3) is 0.320. The molecule has 4 nitrogen and oxygen atoms in total. The van der Waals surface area contributed by atoms with Crippen LogP contribution in [0.15, 0.2) is 59.6 Å². The first kappa shape index (κ1) is 19.4. The number of ether oxygens (including phenoxy) is 1. The Balaban J connectivity index is 1.65. The third kappa shape index (κ3) is 2.90. The number of piperidine rings is 1. The number of carbonyl (C=O) groups excluding carboxylic acids is 1. The minimum Gasteiger partial charge on any atom is -0.497 e. The lowest BCUT2D eigenvalue weighted by molar-refractivity contribution is -0.129. The number of benzene rings is 2. The van der Waals surface area contributed by atoms with Crippen molar-refractivity contribution in [3.05, 3.63) is 76.4 Å². The van der Waals surface area contributed by atoms with Crippen molar-refractivity contribution < 1.29 is 9.53 Å². The number of nitrogens with zero attached hydrogens (tertiary/aromatic N) is 1. The molecule has 154 valence electrons. The second-order valence-corrected chi connectivity index (χ2v) is 9.30. The van der Waals surface area contributed by atoms with Gasteiger partial charge in [-0.05, 0) is 66.6 Å². The lowest BCUT2D eigenvalue weighted by atomic mass is 9.58. The normalized spacial score (nSPS) is 23.0. The van der Waals surface area contributed by atoms with Crippen LogP contribution in [0, 0.1) is 5.92 Å². The molecule has 1 N–H and O–H groups in total. The summed E-state index contributed by atoms with van der Waals surface area (Å²) in [7, 11) is 1.72. The Morgan fingerprint density at radius 1 is 1.33 bits per heavy atom. The summed E-state index contributed by atoms with van der Waals surface area (Å²) in [6, 6.07) is 14.8. The topological polar surface area (TPSA) is 45.3 Å². The zero-order valence-corrected chi connectivity index (χ0v) is 18.7. The summed E-state index contributed by atoms with van der Waals surface area (Å²) >= 11 is 3.75. The van der Waals surface area contributed by atoms with Crippen molar-refractivity contribution in [3.8, 4) is 5.75 Å². The smallest absolute Gasteiger partial charge is 0.245 e. The third-order valence-corrected chi connectivity index (χ3v) is 7.75. The molecule has 0 spiro atoms. The average molecular weight is 465 g/mol. The van der Waals surface area contributed by atoms with Gasteiger partial charge >= 0.3 is 0 Å². The van der Waals surface area contributed by atoms with Gasteiger partial charge in [-0.1, -0.05) is 40.7 Å². The average Bonchev–Trinajstić information content (AvgIpc) is 3.14. The number of H-pyrrole nitrogens is 1. The van der Waals surface area contributed by atoms with Gasteiger partial charge in [0.2, 0.25) is 5.91 Å². The molecule has 2 atom stereocenters. The number of likely N-dealkylation sites (tertiary alicyclic amines) is 1. The standard InChI is InChI=1S/C25H25BrN2O2/c1-3-23(29)28-11-10-25(16-6-4-7-18(12-16)30-2)14-22-19(13-17(25)15-28)24-20(26)8-5-9-21(24)27-22/h3-9,12,17,27H,1,10-11,13-15H2,2H3/t17?,25-/m1/s1. The van der Waals surface area contributed by atoms with Crippen LogP contribution in [0.3, 0.4) is 0 Å². The maximum atomic E-state index is 12.4. The monoisotopic (exact) mass is 464 g/mol. The molecule has 1 aromatic heterocycles. The Bertz CT molecular complexity index is 1150. The molecule has 0 saturated carbocycles. The number of hydrogen-bond donors (Lipinski definition) is 1. The highest BCUT2D eigenvalue weighted by Gasteiger charge is 2.48. The van der Waals surface area contributed by atoms with Crippen LogP contribution in [0.1, 0.15) is 23.2 Å². The van der Waals surface area contributed by atoms with E-state index in [2.05, 4.69) is 63.9 Å². The maximum Gasteiger partial charge on any atom is 0.245 e. The van der Waals surface area contributed by atoms with E-state index in [9.17, 15) is 4.79 Å². The summed E-state index contributed by atoms with van der Waals surface area (Å²) in [6.45, 7) is 5.20. The minimum absolute atomic E-state index is 0.0210. The van der Waals surface area contributed by atoms with Gasteiger partial charge in [0.1, 0.15) is 5.75 Å². The number of aromatic amines is 1. The predicted molar refractivity (Wildman–Crippen MR) is 123 cm³/mol. The molecular formula is C25H25BrN2O2. The molecule has 1 aliphatic heterocycles. The number of hydrogen-bond acceptors (Lipinski definition) is 2. The molecule has 1 unspecified atom stereocenters. The van der Waals surface area contributed by atoms with E-state index < -0.39 is 0 Å². The predicted octanol–water partition coefficient (Wildman–Crippen LogP) is 5.01. The number of halogens is 1. The molecule has 1 fully saturated rings. The van der Waals surface area contributed by atoms with Gasteiger partial charge in [-0.2, -0.15) is 0 Å². The number of nitrogens with one attached hydrogen (secondary N) is 1. The number of carbonyl (C=O) groups is 1. The Morgan fingerprint density at radius 3 is 2.97 bits per heavy atom. The fourth-order valence-electron chi connectivity index (χ4n) is 5.57. The van der Waals surface area contributed by atoms with Crippen molar-refractivity contribution in [1.29, 1.82) is 0 Å². The van der Waals surface area contributed by atoms with Gasteiger partial charge in [0.25, 0.3) is 0 Å². The van der Waals surface area contributed by atoms with Crippen LogP contribution in [0.5, 0.6) is 5.75 Å². The highest BCUT2D eigenvalue weighted by molar-refractivity contribution is 9.10. The van der Waals surface area contributed by atoms with E-state index >= 15 is 0 Å². The molecule has 0 bridgehead atoms. The van der Waals surface area contributed by atoms with Crippen molar-refractivity contribution >= 4 is 32.7 Å². The van der Waals surface area contributed by atoms with Gasteiger partial charge in [-0.3, -0.25) is 4.79 Å². The van der Waals surface area contributed by atoms with Gasteiger partial charge in [0.05, 0.1) is 7.11 Å². The third-order valence-electron chi connectivity index (χ3n) is 7.09. The van der Waals surface area contributed by atoms with Crippen LogP contribution in [-0.2, 0) is 23.1 Å². The highest BCUT2D eigenvalue weighted by atomic mass is 79.9. The zero-order chi connectivity index (χ0) is 20.9. The summed E-state index contributed by atoms with van der Waals surface area (Å²) in [5.41, 5.74) is 5.16. The molecule has 1 amide bonds. The van der Waals surface area contributed by atoms with Gasteiger partial charge in [0, 0.05) is 39.6 Å². The van der Waals surface area contributed by atoms with E-state index in [0.29, 0.717) is 5.92 Å². The number of fused-ring (bicyclic) bond motifs is 4. The summed E-state index contributed by atoms with van der Waals surface area (Å²) in [4.78, 5) is 18.1. The van der Waals surface area contributed by atoms with Crippen LogP contribution >= 0.6 is 15.9 Å². The summed E-state index contributed by atoms with van der Waals surface area (Å²) in [5.74, 6) is 1.25. The first-order chi connectivity index (χ1) is 14.6. The van der Waals surface area contributed by atoms with Gasteiger partial charge in [0.15, 0.2) is 0 Å². The van der Waals surface area contributed by atoms with Crippen LogP contribution in [-0.4, -0.2) is 36.0 Å². The Labute approximate surface area is 185 Å². The first-order valence-corrected chi connectivity index (χ1v) is 11.2. The van der Waals surface area contributed by atoms with E-state index in [1.807, 2.05) is 11.0 Å². The van der Waals surface area contributed by atoms with E-state index in [4.69, 9.17) is 4.74 Å². The molecule has 30 heavy (non-hydrogen) atoms. The molecule has 1 aliphatic carbocycles. The largest absolute Gasteiger partial charge is 0.497 e. The molecular weight excluding hydrogens is 440 g/mol. The van der Waals surface area contributed by atoms with Crippen LogP contribution in [0.2, 0.25) is 0 Å². The van der Waals surface area contributed by atoms with Crippen LogP contribution < -0.4 is 4.74 Å².